The van der Waals surface area contributed by atoms with Gasteiger partial charge in [0.15, 0.2) is 5.96 Å². The molecule has 28 heavy (non-hydrogen) atoms. The molecule has 2 aliphatic heterocycles. The Morgan fingerprint density at radius 1 is 1.18 bits per heavy atom. The average molecular weight is 394 g/mol. The van der Waals surface area contributed by atoms with Crippen molar-refractivity contribution in [2.24, 2.45) is 10.9 Å². The minimum absolute atomic E-state index is 0.0747. The van der Waals surface area contributed by atoms with Crippen LogP contribution in [0.3, 0.4) is 0 Å². The van der Waals surface area contributed by atoms with Crippen LogP contribution in [-0.4, -0.2) is 62.7 Å². The van der Waals surface area contributed by atoms with E-state index in [-0.39, 0.29) is 11.7 Å². The van der Waals surface area contributed by atoms with E-state index in [0.29, 0.717) is 25.0 Å². The van der Waals surface area contributed by atoms with Crippen LogP contribution >= 0.6 is 0 Å². The molecule has 0 amide bonds. The van der Waals surface area contributed by atoms with Crippen LogP contribution in [0.15, 0.2) is 23.2 Å². The maximum atomic E-state index is 14.0. The van der Waals surface area contributed by atoms with Gasteiger partial charge < -0.3 is 20.4 Å². The number of halogens is 2. The van der Waals surface area contributed by atoms with Gasteiger partial charge in [-0.05, 0) is 57.7 Å². The van der Waals surface area contributed by atoms with Gasteiger partial charge >= 0.3 is 0 Å². The first-order valence-corrected chi connectivity index (χ1v) is 10.4. The second-order valence-electron chi connectivity index (χ2n) is 8.20. The summed E-state index contributed by atoms with van der Waals surface area (Å²) in [6.45, 7) is 8.88. The van der Waals surface area contributed by atoms with E-state index in [9.17, 15) is 8.78 Å². The Kier molecular flexibility index (Phi) is 7.10. The first kappa shape index (κ1) is 20.8. The maximum Gasteiger partial charge on any atom is 0.191 e. The molecule has 2 N–H and O–H groups in total. The standard InChI is InChI=1S/C21H33F2N5/c1-15(2)27-10-5-6-16(13-27)12-25-21(24-3)26-17-9-11-28(14-17)20-18(22)7-4-8-19(20)23/h4,7-8,15-17H,5-6,9-14H2,1-3H3,(H2,24,25,26). The molecule has 1 aromatic rings. The number of benzene rings is 1. The third kappa shape index (κ3) is 5.13. The van der Waals surface area contributed by atoms with E-state index in [1.54, 1.807) is 11.9 Å². The van der Waals surface area contributed by atoms with Crippen molar-refractivity contribution in [3.63, 3.8) is 0 Å². The van der Waals surface area contributed by atoms with Crippen molar-refractivity contribution in [3.8, 4) is 0 Å². The Morgan fingerprint density at radius 2 is 1.93 bits per heavy atom. The van der Waals surface area contributed by atoms with Crippen LogP contribution in [0.5, 0.6) is 0 Å². The van der Waals surface area contributed by atoms with E-state index in [1.165, 1.54) is 37.6 Å². The van der Waals surface area contributed by atoms with Crippen LogP contribution in [0.4, 0.5) is 14.5 Å². The molecule has 7 heteroatoms. The summed E-state index contributed by atoms with van der Waals surface area (Å²) in [6.07, 6.45) is 3.29. The summed E-state index contributed by atoms with van der Waals surface area (Å²) < 4.78 is 28.1. The number of para-hydroxylation sites is 1. The Bertz CT molecular complexity index is 659. The summed E-state index contributed by atoms with van der Waals surface area (Å²) in [6, 6.07) is 4.72. The molecular formula is C21H33F2N5. The molecule has 1 aromatic carbocycles. The highest BCUT2D eigenvalue weighted by Crippen LogP contribution is 2.26. The van der Waals surface area contributed by atoms with Gasteiger partial charge in [0.1, 0.15) is 17.3 Å². The van der Waals surface area contributed by atoms with Gasteiger partial charge in [0.05, 0.1) is 0 Å². The number of rotatable bonds is 5. The van der Waals surface area contributed by atoms with Crippen LogP contribution in [0.2, 0.25) is 0 Å². The molecule has 2 saturated heterocycles. The van der Waals surface area contributed by atoms with Gasteiger partial charge in [-0.2, -0.15) is 0 Å². The molecule has 2 heterocycles. The molecule has 0 saturated carbocycles. The van der Waals surface area contributed by atoms with E-state index in [1.807, 2.05) is 0 Å². The normalized spacial score (nSPS) is 24.1. The Hall–Kier alpha value is -1.89. The van der Waals surface area contributed by atoms with Gasteiger partial charge in [-0.25, -0.2) is 8.78 Å². The van der Waals surface area contributed by atoms with Gasteiger partial charge in [-0.1, -0.05) is 6.07 Å². The van der Waals surface area contributed by atoms with Gasteiger partial charge in [0.2, 0.25) is 0 Å². The quantitative estimate of drug-likeness (QED) is 0.596. The smallest absolute Gasteiger partial charge is 0.191 e. The fraction of sp³-hybridized carbons (Fsp3) is 0.667. The van der Waals surface area contributed by atoms with Gasteiger partial charge in [0, 0.05) is 45.3 Å². The van der Waals surface area contributed by atoms with E-state index < -0.39 is 11.6 Å². The predicted molar refractivity (Wildman–Crippen MR) is 111 cm³/mol. The molecule has 3 rings (SSSR count). The summed E-state index contributed by atoms with van der Waals surface area (Å²) in [5.74, 6) is 0.370. The van der Waals surface area contributed by atoms with Crippen molar-refractivity contribution < 1.29 is 8.78 Å². The summed E-state index contributed by atoms with van der Waals surface area (Å²) in [7, 11) is 1.76. The monoisotopic (exact) mass is 393 g/mol. The van der Waals surface area contributed by atoms with Crippen molar-refractivity contribution in [2.75, 3.05) is 44.7 Å². The number of anilines is 1. The summed E-state index contributed by atoms with van der Waals surface area (Å²) in [5, 5.41) is 6.86. The van der Waals surface area contributed by atoms with E-state index in [2.05, 4.69) is 34.4 Å². The van der Waals surface area contributed by atoms with E-state index in [0.717, 1.165) is 25.5 Å². The molecule has 0 bridgehead atoms. The Morgan fingerprint density at radius 3 is 2.61 bits per heavy atom. The molecule has 156 valence electrons. The van der Waals surface area contributed by atoms with Crippen LogP contribution in [0.25, 0.3) is 0 Å². The number of hydrogen-bond donors (Lipinski definition) is 2. The summed E-state index contributed by atoms with van der Waals surface area (Å²) in [4.78, 5) is 8.64. The molecule has 0 aliphatic carbocycles. The lowest BCUT2D eigenvalue weighted by atomic mass is 9.97. The molecule has 5 nitrogen and oxygen atoms in total. The molecule has 0 radical (unpaired) electrons. The van der Waals surface area contributed by atoms with Gasteiger partial charge in [-0.3, -0.25) is 4.99 Å². The second kappa shape index (κ2) is 9.54. The second-order valence-corrected chi connectivity index (χ2v) is 8.20. The zero-order valence-electron chi connectivity index (χ0n) is 17.2. The molecule has 2 aliphatic rings. The van der Waals surface area contributed by atoms with Gasteiger partial charge in [0.25, 0.3) is 0 Å². The third-order valence-corrected chi connectivity index (χ3v) is 5.85. The van der Waals surface area contributed by atoms with Crippen LogP contribution in [-0.2, 0) is 0 Å². The van der Waals surface area contributed by atoms with Gasteiger partial charge in [-0.15, -0.1) is 0 Å². The lowest BCUT2D eigenvalue weighted by Gasteiger charge is -2.35. The number of likely N-dealkylation sites (tertiary alicyclic amines) is 1. The largest absolute Gasteiger partial charge is 0.365 e. The average Bonchev–Trinajstić information content (AvgIpc) is 3.13. The summed E-state index contributed by atoms with van der Waals surface area (Å²) in [5.41, 5.74) is 0.0747. The highest BCUT2D eigenvalue weighted by atomic mass is 19.1. The minimum Gasteiger partial charge on any atom is -0.365 e. The number of nitrogens with one attached hydrogen (secondary N) is 2. The maximum absolute atomic E-state index is 14.0. The highest BCUT2D eigenvalue weighted by Gasteiger charge is 2.27. The zero-order chi connectivity index (χ0) is 20.1. The lowest BCUT2D eigenvalue weighted by Crippen LogP contribution is -2.48. The van der Waals surface area contributed by atoms with Crippen molar-refractivity contribution in [2.45, 2.75) is 45.2 Å². The molecule has 0 aromatic heterocycles. The van der Waals surface area contributed by atoms with Crippen molar-refractivity contribution in [3.05, 3.63) is 29.8 Å². The molecule has 0 spiro atoms. The number of guanidine groups is 1. The molecule has 2 unspecified atom stereocenters. The van der Waals surface area contributed by atoms with E-state index >= 15 is 0 Å². The Balaban J connectivity index is 1.49. The SMILES string of the molecule is CN=C(NCC1CCCN(C(C)C)C1)NC1CCN(c2c(F)cccc2F)C1. The minimum atomic E-state index is -0.504. The third-order valence-electron chi connectivity index (χ3n) is 5.85. The Labute approximate surface area is 167 Å². The fourth-order valence-electron chi connectivity index (χ4n) is 4.23. The number of hydrogen-bond acceptors (Lipinski definition) is 3. The first-order chi connectivity index (χ1) is 13.5. The topological polar surface area (TPSA) is 42.9 Å². The van der Waals surface area contributed by atoms with Crippen LogP contribution < -0.4 is 15.5 Å². The van der Waals surface area contributed by atoms with Crippen molar-refractivity contribution in [1.82, 2.24) is 15.5 Å². The van der Waals surface area contributed by atoms with E-state index in [4.69, 9.17) is 0 Å². The summed E-state index contributed by atoms with van der Waals surface area (Å²) >= 11 is 0. The highest BCUT2D eigenvalue weighted by molar-refractivity contribution is 5.80. The number of aliphatic imine (C=N–C) groups is 1. The van der Waals surface area contributed by atoms with Crippen molar-refractivity contribution in [1.29, 1.82) is 0 Å². The number of nitrogens with zero attached hydrogens (tertiary/aromatic N) is 3. The predicted octanol–water partition coefficient (Wildman–Crippen LogP) is 2.83. The fourth-order valence-corrected chi connectivity index (χ4v) is 4.23. The molecule has 2 fully saturated rings. The van der Waals surface area contributed by atoms with Crippen LogP contribution in [0.1, 0.15) is 33.1 Å². The molecular weight excluding hydrogens is 360 g/mol. The first-order valence-electron chi connectivity index (χ1n) is 10.4. The number of piperidine rings is 1. The molecule has 2 atom stereocenters. The zero-order valence-corrected chi connectivity index (χ0v) is 17.2. The van der Waals surface area contributed by atoms with Crippen LogP contribution in [0, 0.1) is 17.6 Å². The van der Waals surface area contributed by atoms with Crippen molar-refractivity contribution >= 4 is 11.6 Å². The lowest BCUT2D eigenvalue weighted by molar-refractivity contribution is 0.141.